The highest BCUT2D eigenvalue weighted by molar-refractivity contribution is 5.98. The molecule has 27 heavy (non-hydrogen) atoms. The fourth-order valence-electron chi connectivity index (χ4n) is 3.88. The Balaban J connectivity index is 1.90. The van der Waals surface area contributed by atoms with Gasteiger partial charge < -0.3 is 14.8 Å². The van der Waals surface area contributed by atoms with Crippen LogP contribution < -0.4 is 5.32 Å². The third-order valence-corrected chi connectivity index (χ3v) is 5.13. The molecule has 0 aromatic heterocycles. The predicted octanol–water partition coefficient (Wildman–Crippen LogP) is 2.23. The predicted molar refractivity (Wildman–Crippen MR) is 93.0 cm³/mol. The summed E-state index contributed by atoms with van der Waals surface area (Å²) < 4.78 is 38.2. The van der Waals surface area contributed by atoms with Crippen molar-refractivity contribution in [2.75, 3.05) is 26.9 Å². The van der Waals surface area contributed by atoms with Crippen LogP contribution in [0, 0.1) is 11.6 Å². The molecular formula is C19H24F2N2O4. The van der Waals surface area contributed by atoms with E-state index < -0.39 is 29.3 Å². The Hall–Kier alpha value is -2.06. The molecule has 1 aromatic carbocycles. The topological polar surface area (TPSA) is 67.9 Å². The summed E-state index contributed by atoms with van der Waals surface area (Å²) in [6, 6.07) is 1.84. The van der Waals surface area contributed by atoms with E-state index >= 15 is 0 Å². The van der Waals surface area contributed by atoms with Gasteiger partial charge in [0, 0.05) is 25.3 Å². The molecule has 1 spiro atoms. The van der Waals surface area contributed by atoms with Crippen molar-refractivity contribution in [2.24, 2.45) is 0 Å². The Bertz CT molecular complexity index is 687. The molecule has 0 bridgehead atoms. The molecule has 2 amide bonds. The fourth-order valence-corrected chi connectivity index (χ4v) is 3.88. The van der Waals surface area contributed by atoms with Crippen LogP contribution in [0.25, 0.3) is 0 Å². The first-order chi connectivity index (χ1) is 13.0. The van der Waals surface area contributed by atoms with Crippen molar-refractivity contribution in [3.05, 3.63) is 35.4 Å². The Labute approximate surface area is 156 Å². The van der Waals surface area contributed by atoms with Crippen LogP contribution in [0.15, 0.2) is 18.2 Å². The summed E-state index contributed by atoms with van der Waals surface area (Å²) in [5.41, 5.74) is -1.03. The molecule has 1 saturated carbocycles. The minimum Gasteiger partial charge on any atom is -0.383 e. The van der Waals surface area contributed by atoms with E-state index in [0.717, 1.165) is 31.4 Å². The minimum absolute atomic E-state index is 0.0579. The number of carbonyl (C=O) groups is 2. The van der Waals surface area contributed by atoms with Gasteiger partial charge in [-0.25, -0.2) is 8.78 Å². The second-order valence-electron chi connectivity index (χ2n) is 6.95. The summed E-state index contributed by atoms with van der Waals surface area (Å²) >= 11 is 0. The van der Waals surface area contributed by atoms with Crippen LogP contribution in [0.2, 0.25) is 0 Å². The van der Waals surface area contributed by atoms with Crippen molar-refractivity contribution < 1.29 is 27.8 Å². The molecule has 0 radical (unpaired) electrons. The molecule has 1 N–H and O–H groups in total. The van der Waals surface area contributed by atoms with E-state index in [9.17, 15) is 18.4 Å². The average Bonchev–Trinajstić information content (AvgIpc) is 2.99. The molecule has 8 heteroatoms. The highest BCUT2D eigenvalue weighted by Gasteiger charge is 2.53. The number of benzene rings is 1. The van der Waals surface area contributed by atoms with Crippen LogP contribution in [0.5, 0.6) is 0 Å². The number of nitrogens with one attached hydrogen (secondary N) is 1. The van der Waals surface area contributed by atoms with Crippen molar-refractivity contribution in [3.63, 3.8) is 0 Å². The largest absolute Gasteiger partial charge is 0.383 e. The van der Waals surface area contributed by atoms with Gasteiger partial charge in [-0.3, -0.25) is 14.5 Å². The molecule has 1 heterocycles. The number of rotatable bonds is 5. The lowest BCUT2D eigenvalue weighted by Gasteiger charge is -2.41. The monoisotopic (exact) mass is 382 g/mol. The van der Waals surface area contributed by atoms with Crippen molar-refractivity contribution in [1.29, 1.82) is 0 Å². The second-order valence-corrected chi connectivity index (χ2v) is 6.95. The van der Waals surface area contributed by atoms with Crippen molar-refractivity contribution in [1.82, 2.24) is 10.2 Å². The van der Waals surface area contributed by atoms with Crippen molar-refractivity contribution in [2.45, 2.75) is 43.9 Å². The van der Waals surface area contributed by atoms with E-state index in [0.29, 0.717) is 32.1 Å². The number of hydrogen-bond donors (Lipinski definition) is 1. The molecule has 1 aliphatic carbocycles. The standard InChI is InChI=1S/C19H24F2N2O4/c1-26-8-7-22-17(24)16-12-27-19(5-3-2-4-6-19)23(16)18(25)13-9-14(20)11-15(21)10-13/h9-11,16H,2-8,12H2,1H3,(H,22,24)/t16-/m0/s1. The molecule has 1 aromatic rings. The molecule has 3 rings (SSSR count). The van der Waals surface area contributed by atoms with Gasteiger partial charge in [0.1, 0.15) is 23.4 Å². The molecule has 2 aliphatic rings. The van der Waals surface area contributed by atoms with E-state index in [1.54, 1.807) is 0 Å². The van der Waals surface area contributed by atoms with Crippen LogP contribution in [-0.2, 0) is 14.3 Å². The van der Waals surface area contributed by atoms with Crippen molar-refractivity contribution in [3.8, 4) is 0 Å². The lowest BCUT2D eigenvalue weighted by molar-refractivity contribution is -0.127. The fraction of sp³-hybridized carbons (Fsp3) is 0.579. The molecule has 1 aliphatic heterocycles. The van der Waals surface area contributed by atoms with Gasteiger partial charge in [-0.05, 0) is 37.8 Å². The number of methoxy groups -OCH3 is 1. The minimum atomic E-state index is -0.901. The van der Waals surface area contributed by atoms with Gasteiger partial charge in [0.2, 0.25) is 5.91 Å². The molecule has 1 saturated heterocycles. The first-order valence-corrected chi connectivity index (χ1v) is 9.17. The highest BCUT2D eigenvalue weighted by Crippen LogP contribution is 2.41. The second kappa shape index (κ2) is 8.31. The van der Waals surface area contributed by atoms with E-state index in [1.807, 2.05) is 0 Å². The zero-order chi connectivity index (χ0) is 19.4. The summed E-state index contributed by atoms with van der Waals surface area (Å²) in [5.74, 6) is -2.63. The number of halogens is 2. The Morgan fingerprint density at radius 1 is 1.22 bits per heavy atom. The van der Waals surface area contributed by atoms with Gasteiger partial charge in [-0.15, -0.1) is 0 Å². The zero-order valence-corrected chi connectivity index (χ0v) is 15.3. The van der Waals surface area contributed by atoms with Gasteiger partial charge in [-0.2, -0.15) is 0 Å². The summed E-state index contributed by atoms with van der Waals surface area (Å²) in [6.45, 7) is 0.700. The van der Waals surface area contributed by atoms with Crippen molar-refractivity contribution >= 4 is 11.8 Å². The number of hydrogen-bond acceptors (Lipinski definition) is 4. The van der Waals surface area contributed by atoms with Gasteiger partial charge in [0.25, 0.3) is 5.91 Å². The van der Waals surface area contributed by atoms with Crippen LogP contribution >= 0.6 is 0 Å². The van der Waals surface area contributed by atoms with E-state index in [-0.39, 0.29) is 18.1 Å². The molecule has 148 valence electrons. The number of carbonyl (C=O) groups excluding carboxylic acids is 2. The summed E-state index contributed by atoms with van der Waals surface area (Å²) in [4.78, 5) is 27.2. The number of nitrogens with zero attached hydrogens (tertiary/aromatic N) is 1. The molecule has 2 fully saturated rings. The Kier molecular flexibility index (Phi) is 6.06. The Morgan fingerprint density at radius 2 is 1.89 bits per heavy atom. The lowest BCUT2D eigenvalue weighted by atomic mass is 9.89. The first-order valence-electron chi connectivity index (χ1n) is 9.17. The van der Waals surface area contributed by atoms with Gasteiger partial charge in [0.05, 0.1) is 13.2 Å². The summed E-state index contributed by atoms with van der Waals surface area (Å²) in [6.07, 6.45) is 3.93. The maximum atomic E-state index is 13.6. The maximum Gasteiger partial charge on any atom is 0.257 e. The number of ether oxygens (including phenoxy) is 2. The SMILES string of the molecule is COCCNC(=O)[C@@H]1COC2(CCCCC2)N1C(=O)c1cc(F)cc(F)c1. The smallest absolute Gasteiger partial charge is 0.257 e. The third-order valence-electron chi connectivity index (χ3n) is 5.13. The van der Waals surface area contributed by atoms with E-state index in [2.05, 4.69) is 5.32 Å². The Morgan fingerprint density at radius 3 is 2.52 bits per heavy atom. The molecule has 1 atom stereocenters. The van der Waals surface area contributed by atoms with Gasteiger partial charge in [0.15, 0.2) is 0 Å². The molecule has 6 nitrogen and oxygen atoms in total. The summed E-state index contributed by atoms with van der Waals surface area (Å²) in [7, 11) is 1.52. The van der Waals surface area contributed by atoms with Crippen LogP contribution in [0.4, 0.5) is 8.78 Å². The number of amides is 2. The normalized spacial score (nSPS) is 21.4. The van der Waals surface area contributed by atoms with Crippen LogP contribution in [0.3, 0.4) is 0 Å². The maximum absolute atomic E-state index is 13.6. The quantitative estimate of drug-likeness (QED) is 0.793. The first kappa shape index (κ1) is 19.7. The lowest BCUT2D eigenvalue weighted by Crippen LogP contribution is -2.56. The molecule has 0 unspecified atom stereocenters. The third kappa shape index (κ3) is 4.11. The van der Waals surface area contributed by atoms with Gasteiger partial charge in [-0.1, -0.05) is 6.42 Å². The van der Waals surface area contributed by atoms with Gasteiger partial charge >= 0.3 is 0 Å². The summed E-state index contributed by atoms with van der Waals surface area (Å²) in [5, 5.41) is 2.72. The average molecular weight is 382 g/mol. The van der Waals surface area contributed by atoms with Crippen LogP contribution in [-0.4, -0.2) is 55.3 Å². The van der Waals surface area contributed by atoms with Crippen LogP contribution in [0.1, 0.15) is 42.5 Å². The molecular weight excluding hydrogens is 358 g/mol. The van der Waals surface area contributed by atoms with E-state index in [1.165, 1.54) is 12.0 Å². The highest BCUT2D eigenvalue weighted by atomic mass is 19.1. The van der Waals surface area contributed by atoms with E-state index in [4.69, 9.17) is 9.47 Å². The zero-order valence-electron chi connectivity index (χ0n) is 15.3.